The molecular formula is C31H36N4O3. The first-order chi connectivity index (χ1) is 18.6. The summed E-state index contributed by atoms with van der Waals surface area (Å²) in [5, 5.41) is 4.09. The minimum atomic E-state index is -0.295. The summed E-state index contributed by atoms with van der Waals surface area (Å²) in [6.45, 7) is 3.62. The number of hydrogen-bond donors (Lipinski definition) is 2. The van der Waals surface area contributed by atoms with Gasteiger partial charge in [0.25, 0.3) is 0 Å². The van der Waals surface area contributed by atoms with Gasteiger partial charge < -0.3 is 24.8 Å². The van der Waals surface area contributed by atoms with E-state index in [1.807, 2.05) is 71.8 Å². The summed E-state index contributed by atoms with van der Waals surface area (Å²) in [6, 6.07) is 25.1. The monoisotopic (exact) mass is 512 g/mol. The molecule has 0 spiro atoms. The fourth-order valence-electron chi connectivity index (χ4n) is 4.46. The average Bonchev–Trinajstić information content (AvgIpc) is 3.36. The van der Waals surface area contributed by atoms with Crippen LogP contribution in [0.25, 0.3) is 10.9 Å². The summed E-state index contributed by atoms with van der Waals surface area (Å²) in [5.74, 6) is 0.580. The van der Waals surface area contributed by atoms with Crippen molar-refractivity contribution < 1.29 is 14.3 Å². The van der Waals surface area contributed by atoms with E-state index in [0.717, 1.165) is 23.9 Å². The topological polar surface area (TPSA) is 77.7 Å². The number of H-pyrrole nitrogens is 1. The first kappa shape index (κ1) is 26.8. The first-order valence-electron chi connectivity index (χ1n) is 13.1. The third-order valence-corrected chi connectivity index (χ3v) is 6.61. The van der Waals surface area contributed by atoms with Gasteiger partial charge in [0.2, 0.25) is 5.91 Å². The number of rotatable bonds is 12. The molecule has 4 aromatic rings. The van der Waals surface area contributed by atoms with E-state index in [-0.39, 0.29) is 18.5 Å². The Morgan fingerprint density at radius 1 is 0.921 bits per heavy atom. The Hall–Kier alpha value is -4.26. The van der Waals surface area contributed by atoms with Gasteiger partial charge in [0.1, 0.15) is 12.3 Å². The highest BCUT2D eigenvalue weighted by atomic mass is 16.5. The molecule has 2 N–H and O–H groups in total. The zero-order valence-corrected chi connectivity index (χ0v) is 22.2. The van der Waals surface area contributed by atoms with E-state index < -0.39 is 0 Å². The fourth-order valence-corrected chi connectivity index (χ4v) is 4.46. The van der Waals surface area contributed by atoms with Crippen molar-refractivity contribution in [1.29, 1.82) is 0 Å². The lowest BCUT2D eigenvalue weighted by Gasteiger charge is -2.28. The van der Waals surface area contributed by atoms with Gasteiger partial charge in [-0.25, -0.2) is 4.79 Å². The summed E-state index contributed by atoms with van der Waals surface area (Å²) in [6.07, 6.45) is 4.47. The maximum absolute atomic E-state index is 13.7. The second kappa shape index (κ2) is 13.3. The third-order valence-electron chi connectivity index (χ3n) is 6.61. The maximum Gasteiger partial charge on any atom is 0.322 e. The van der Waals surface area contributed by atoms with Crippen LogP contribution >= 0.6 is 0 Å². The molecule has 0 fully saturated rings. The molecule has 0 aliphatic heterocycles. The summed E-state index contributed by atoms with van der Waals surface area (Å²) in [7, 11) is 1.59. The van der Waals surface area contributed by atoms with Crippen LogP contribution in [-0.4, -0.2) is 53.5 Å². The standard InChI is InChI=1S/C31H36N4O3/c1-3-4-18-35(31(37)33-26-13-10-14-27(20-26)38-2)23-30(36)34(22-24-11-6-5-7-12-24)19-17-25-21-32-29-16-9-8-15-28(25)29/h5-16,20-21,32H,3-4,17-19,22-23H2,1-2H3,(H,33,37). The van der Waals surface area contributed by atoms with Crippen molar-refractivity contribution in [1.82, 2.24) is 14.8 Å². The zero-order chi connectivity index (χ0) is 26.7. The summed E-state index contributed by atoms with van der Waals surface area (Å²) in [5.41, 5.74) is 3.94. The molecule has 1 aromatic heterocycles. The van der Waals surface area contributed by atoms with Crippen LogP contribution in [0.5, 0.6) is 5.75 Å². The molecule has 0 aliphatic carbocycles. The lowest BCUT2D eigenvalue weighted by Crippen LogP contribution is -2.45. The number of aromatic nitrogens is 1. The Labute approximate surface area is 224 Å². The van der Waals surface area contributed by atoms with Gasteiger partial charge in [-0.3, -0.25) is 4.79 Å². The van der Waals surface area contributed by atoms with Crippen molar-refractivity contribution in [2.45, 2.75) is 32.7 Å². The highest BCUT2D eigenvalue weighted by Crippen LogP contribution is 2.20. The molecule has 0 bridgehead atoms. The van der Waals surface area contributed by atoms with E-state index in [1.54, 1.807) is 18.1 Å². The minimum Gasteiger partial charge on any atom is -0.497 e. The number of anilines is 1. The number of benzene rings is 3. The largest absolute Gasteiger partial charge is 0.497 e. The molecule has 0 atom stereocenters. The van der Waals surface area contributed by atoms with Crippen molar-refractivity contribution in [2.75, 3.05) is 32.1 Å². The number of fused-ring (bicyclic) bond motifs is 1. The molecule has 7 heteroatoms. The number of methoxy groups -OCH3 is 1. The maximum atomic E-state index is 13.7. The Bertz CT molecular complexity index is 1340. The predicted molar refractivity (Wildman–Crippen MR) is 152 cm³/mol. The van der Waals surface area contributed by atoms with Gasteiger partial charge in [0, 0.05) is 48.5 Å². The number of unbranched alkanes of at least 4 members (excludes halogenated alkanes) is 1. The molecule has 1 heterocycles. The number of nitrogens with one attached hydrogen (secondary N) is 2. The summed E-state index contributed by atoms with van der Waals surface area (Å²) in [4.78, 5) is 33.7. The second-order valence-corrected chi connectivity index (χ2v) is 9.35. The molecule has 0 radical (unpaired) electrons. The fraction of sp³-hybridized carbons (Fsp3) is 0.290. The summed E-state index contributed by atoms with van der Waals surface area (Å²) >= 11 is 0. The molecule has 38 heavy (non-hydrogen) atoms. The number of urea groups is 1. The molecule has 7 nitrogen and oxygen atoms in total. The lowest BCUT2D eigenvalue weighted by atomic mass is 10.1. The molecule has 0 aliphatic rings. The normalized spacial score (nSPS) is 10.8. The van der Waals surface area contributed by atoms with E-state index in [0.29, 0.717) is 37.5 Å². The van der Waals surface area contributed by atoms with Gasteiger partial charge >= 0.3 is 6.03 Å². The van der Waals surface area contributed by atoms with Crippen LogP contribution in [0.2, 0.25) is 0 Å². The molecule has 198 valence electrons. The van der Waals surface area contributed by atoms with E-state index in [1.165, 1.54) is 10.9 Å². The quantitative estimate of drug-likeness (QED) is 0.241. The number of nitrogens with zero attached hydrogens (tertiary/aromatic N) is 2. The highest BCUT2D eigenvalue weighted by molar-refractivity contribution is 5.92. The van der Waals surface area contributed by atoms with Crippen molar-refractivity contribution in [3.8, 4) is 5.75 Å². The van der Waals surface area contributed by atoms with Crippen molar-refractivity contribution in [3.05, 3.63) is 96.2 Å². The Morgan fingerprint density at radius 3 is 2.50 bits per heavy atom. The number of hydrogen-bond acceptors (Lipinski definition) is 3. The zero-order valence-electron chi connectivity index (χ0n) is 22.2. The van der Waals surface area contributed by atoms with Crippen LogP contribution in [0, 0.1) is 0 Å². The van der Waals surface area contributed by atoms with E-state index >= 15 is 0 Å². The third kappa shape index (κ3) is 7.16. The van der Waals surface area contributed by atoms with Crippen LogP contribution in [0.4, 0.5) is 10.5 Å². The number of carbonyl (C=O) groups is 2. The van der Waals surface area contributed by atoms with E-state index in [9.17, 15) is 9.59 Å². The smallest absolute Gasteiger partial charge is 0.322 e. The number of ether oxygens (including phenoxy) is 1. The van der Waals surface area contributed by atoms with Crippen LogP contribution < -0.4 is 10.1 Å². The first-order valence-corrected chi connectivity index (χ1v) is 13.1. The molecule has 4 rings (SSSR count). The Kier molecular flexibility index (Phi) is 9.40. The number of amides is 3. The lowest BCUT2D eigenvalue weighted by molar-refractivity contribution is -0.132. The van der Waals surface area contributed by atoms with Crippen LogP contribution in [0.1, 0.15) is 30.9 Å². The van der Waals surface area contributed by atoms with Gasteiger partial charge in [-0.1, -0.05) is 67.9 Å². The van der Waals surface area contributed by atoms with Crippen molar-refractivity contribution in [3.63, 3.8) is 0 Å². The van der Waals surface area contributed by atoms with Gasteiger partial charge in [0.15, 0.2) is 0 Å². The minimum absolute atomic E-state index is 0.0104. The predicted octanol–water partition coefficient (Wildman–Crippen LogP) is 6.08. The number of para-hydroxylation sites is 1. The summed E-state index contributed by atoms with van der Waals surface area (Å²) < 4.78 is 5.27. The Morgan fingerprint density at radius 2 is 1.71 bits per heavy atom. The van der Waals surface area contributed by atoms with E-state index in [2.05, 4.69) is 29.4 Å². The van der Waals surface area contributed by atoms with Gasteiger partial charge in [-0.2, -0.15) is 0 Å². The number of aromatic amines is 1. The van der Waals surface area contributed by atoms with Crippen LogP contribution in [0.3, 0.4) is 0 Å². The average molecular weight is 513 g/mol. The SMILES string of the molecule is CCCCN(CC(=O)N(CCc1c[nH]c2ccccc12)Cc1ccccc1)C(=O)Nc1cccc(OC)c1. The molecule has 0 saturated carbocycles. The van der Waals surface area contributed by atoms with Gasteiger partial charge in [-0.05, 0) is 42.2 Å². The molecule has 0 saturated heterocycles. The van der Waals surface area contributed by atoms with Gasteiger partial charge in [-0.15, -0.1) is 0 Å². The second-order valence-electron chi connectivity index (χ2n) is 9.35. The van der Waals surface area contributed by atoms with Crippen molar-refractivity contribution >= 4 is 28.5 Å². The van der Waals surface area contributed by atoms with Gasteiger partial charge in [0.05, 0.1) is 7.11 Å². The van der Waals surface area contributed by atoms with Crippen LogP contribution in [0.15, 0.2) is 85.1 Å². The Balaban J connectivity index is 1.49. The molecular weight excluding hydrogens is 476 g/mol. The molecule has 0 unspecified atom stereocenters. The molecule has 3 amide bonds. The highest BCUT2D eigenvalue weighted by Gasteiger charge is 2.22. The van der Waals surface area contributed by atoms with Crippen LogP contribution in [-0.2, 0) is 17.8 Å². The number of carbonyl (C=O) groups excluding carboxylic acids is 2. The van der Waals surface area contributed by atoms with Crippen molar-refractivity contribution in [2.24, 2.45) is 0 Å². The van der Waals surface area contributed by atoms with E-state index in [4.69, 9.17) is 4.74 Å². The molecule has 3 aromatic carbocycles.